The molecule has 5 heteroatoms. The van der Waals surface area contributed by atoms with Gasteiger partial charge >= 0.3 is 0 Å². The van der Waals surface area contributed by atoms with Crippen LogP contribution in [0.5, 0.6) is 0 Å². The van der Waals surface area contributed by atoms with E-state index in [0.29, 0.717) is 12.2 Å². The molecule has 0 radical (unpaired) electrons. The van der Waals surface area contributed by atoms with Crippen LogP contribution in [0, 0.1) is 0 Å². The number of nitrogens with zero attached hydrogens (tertiary/aromatic N) is 2. The second kappa shape index (κ2) is 5.28. The lowest BCUT2D eigenvalue weighted by Gasteiger charge is -2.30. The molecule has 2 aromatic rings. The van der Waals surface area contributed by atoms with Gasteiger partial charge in [0.15, 0.2) is 0 Å². The number of hydrogen-bond donors (Lipinski definition) is 2. The van der Waals surface area contributed by atoms with E-state index < -0.39 is 0 Å². The maximum absolute atomic E-state index is 11.9. The van der Waals surface area contributed by atoms with Crippen LogP contribution in [0.1, 0.15) is 35.9 Å². The SMILES string of the molecule is Nc1cc(C2CC(=O)NC(c3cccnc3)C2)ccn1. The summed E-state index contributed by atoms with van der Waals surface area (Å²) in [6, 6.07) is 7.66. The molecule has 3 N–H and O–H groups in total. The molecule has 2 aromatic heterocycles. The Hall–Kier alpha value is -2.43. The second-order valence-electron chi connectivity index (χ2n) is 5.06. The molecule has 0 aromatic carbocycles. The number of nitrogen functional groups attached to an aromatic ring is 1. The van der Waals surface area contributed by atoms with Crippen LogP contribution in [0.4, 0.5) is 5.82 Å². The van der Waals surface area contributed by atoms with E-state index in [1.165, 1.54) is 0 Å². The Morgan fingerprint density at radius 3 is 2.90 bits per heavy atom. The lowest BCUT2D eigenvalue weighted by Crippen LogP contribution is -2.36. The van der Waals surface area contributed by atoms with Gasteiger partial charge in [0.1, 0.15) is 5.82 Å². The van der Waals surface area contributed by atoms with Gasteiger partial charge in [0.25, 0.3) is 0 Å². The number of nitrogens with one attached hydrogen (secondary N) is 1. The molecular weight excluding hydrogens is 252 g/mol. The van der Waals surface area contributed by atoms with Gasteiger partial charge in [-0.1, -0.05) is 6.07 Å². The van der Waals surface area contributed by atoms with E-state index >= 15 is 0 Å². The zero-order chi connectivity index (χ0) is 13.9. The van der Waals surface area contributed by atoms with Crippen molar-refractivity contribution in [2.75, 3.05) is 5.73 Å². The molecule has 2 atom stereocenters. The first-order valence-electron chi connectivity index (χ1n) is 6.63. The summed E-state index contributed by atoms with van der Waals surface area (Å²) < 4.78 is 0. The van der Waals surface area contributed by atoms with Crippen molar-refractivity contribution in [2.45, 2.75) is 24.8 Å². The van der Waals surface area contributed by atoms with Crippen molar-refractivity contribution in [1.82, 2.24) is 15.3 Å². The number of pyridine rings is 2. The standard InChI is InChI=1S/C15H16N4O/c16-14-7-10(3-5-18-14)12-6-13(19-15(20)8-12)11-2-1-4-17-9-11/h1-5,7,9,12-13H,6,8H2,(H2,16,18)(H,19,20). The van der Waals surface area contributed by atoms with E-state index in [1.807, 2.05) is 24.3 Å². The summed E-state index contributed by atoms with van der Waals surface area (Å²) in [5.74, 6) is 0.719. The van der Waals surface area contributed by atoms with Gasteiger partial charge in [0.2, 0.25) is 5.91 Å². The van der Waals surface area contributed by atoms with Crippen LogP contribution in [-0.2, 0) is 4.79 Å². The van der Waals surface area contributed by atoms with E-state index in [-0.39, 0.29) is 17.9 Å². The summed E-state index contributed by atoms with van der Waals surface area (Å²) in [5.41, 5.74) is 7.83. The lowest BCUT2D eigenvalue weighted by atomic mass is 9.84. The molecule has 1 fully saturated rings. The molecule has 1 aliphatic heterocycles. The molecule has 2 unspecified atom stereocenters. The molecule has 1 saturated heterocycles. The number of aromatic nitrogens is 2. The first-order chi connectivity index (χ1) is 9.72. The van der Waals surface area contributed by atoms with Crippen molar-refractivity contribution in [3.8, 4) is 0 Å². The predicted octanol–water partition coefficient (Wildman–Crippen LogP) is 1.79. The third-order valence-electron chi connectivity index (χ3n) is 3.65. The summed E-state index contributed by atoms with van der Waals surface area (Å²) in [5, 5.41) is 3.02. The Balaban J connectivity index is 1.85. The Labute approximate surface area is 117 Å². The van der Waals surface area contributed by atoms with Crippen LogP contribution in [0.25, 0.3) is 0 Å². The number of amides is 1. The van der Waals surface area contributed by atoms with Crippen LogP contribution >= 0.6 is 0 Å². The fraction of sp³-hybridized carbons (Fsp3) is 0.267. The van der Waals surface area contributed by atoms with Crippen molar-refractivity contribution >= 4 is 11.7 Å². The van der Waals surface area contributed by atoms with Gasteiger partial charge in [-0.15, -0.1) is 0 Å². The Bertz CT molecular complexity index is 614. The van der Waals surface area contributed by atoms with E-state index in [1.54, 1.807) is 18.6 Å². The minimum atomic E-state index is 0.00402. The van der Waals surface area contributed by atoms with Crippen molar-refractivity contribution in [3.05, 3.63) is 54.0 Å². The minimum absolute atomic E-state index is 0.00402. The fourth-order valence-electron chi connectivity index (χ4n) is 2.68. The van der Waals surface area contributed by atoms with Crippen molar-refractivity contribution in [2.24, 2.45) is 0 Å². The number of carbonyl (C=O) groups is 1. The van der Waals surface area contributed by atoms with Crippen LogP contribution in [0.2, 0.25) is 0 Å². The maximum atomic E-state index is 11.9. The van der Waals surface area contributed by atoms with E-state index in [0.717, 1.165) is 17.5 Å². The average Bonchev–Trinajstić information content (AvgIpc) is 2.47. The summed E-state index contributed by atoms with van der Waals surface area (Å²) in [7, 11) is 0. The highest BCUT2D eigenvalue weighted by molar-refractivity contribution is 5.78. The van der Waals surface area contributed by atoms with Crippen molar-refractivity contribution in [3.63, 3.8) is 0 Å². The predicted molar refractivity (Wildman–Crippen MR) is 75.7 cm³/mol. The number of nitrogens with two attached hydrogens (primary N) is 1. The normalized spacial score (nSPS) is 22.3. The van der Waals surface area contributed by atoms with Gasteiger partial charge in [0.05, 0.1) is 6.04 Å². The summed E-state index contributed by atoms with van der Waals surface area (Å²) in [4.78, 5) is 20.1. The fourth-order valence-corrected chi connectivity index (χ4v) is 2.68. The molecule has 3 heterocycles. The molecule has 102 valence electrons. The minimum Gasteiger partial charge on any atom is -0.384 e. The average molecular weight is 268 g/mol. The quantitative estimate of drug-likeness (QED) is 0.870. The molecule has 0 saturated carbocycles. The van der Waals surface area contributed by atoms with Gasteiger partial charge < -0.3 is 11.1 Å². The van der Waals surface area contributed by atoms with Gasteiger partial charge in [0, 0.05) is 25.0 Å². The molecule has 0 bridgehead atoms. The molecule has 3 rings (SSSR count). The van der Waals surface area contributed by atoms with Crippen LogP contribution < -0.4 is 11.1 Å². The number of anilines is 1. The zero-order valence-electron chi connectivity index (χ0n) is 11.0. The highest BCUT2D eigenvalue weighted by atomic mass is 16.1. The van der Waals surface area contributed by atoms with Crippen LogP contribution in [0.3, 0.4) is 0 Å². The zero-order valence-corrected chi connectivity index (χ0v) is 11.0. The number of rotatable bonds is 2. The third kappa shape index (κ3) is 2.61. The molecular formula is C15H16N4O. The summed E-state index contributed by atoms with van der Waals surface area (Å²) in [6.07, 6.45) is 6.56. The highest BCUT2D eigenvalue weighted by Crippen LogP contribution is 2.34. The molecule has 20 heavy (non-hydrogen) atoms. The Morgan fingerprint density at radius 2 is 2.15 bits per heavy atom. The van der Waals surface area contributed by atoms with Crippen molar-refractivity contribution in [1.29, 1.82) is 0 Å². The number of carbonyl (C=O) groups excluding carboxylic acids is 1. The monoisotopic (exact) mass is 268 g/mol. The first kappa shape index (κ1) is 12.6. The molecule has 0 spiro atoms. The largest absolute Gasteiger partial charge is 0.384 e. The summed E-state index contributed by atoms with van der Waals surface area (Å²) >= 11 is 0. The van der Waals surface area contributed by atoms with E-state index in [4.69, 9.17) is 5.73 Å². The van der Waals surface area contributed by atoms with Gasteiger partial charge in [-0.3, -0.25) is 9.78 Å². The van der Waals surface area contributed by atoms with Gasteiger partial charge in [-0.2, -0.15) is 0 Å². The molecule has 1 aliphatic rings. The Morgan fingerprint density at radius 1 is 1.25 bits per heavy atom. The van der Waals surface area contributed by atoms with Crippen molar-refractivity contribution < 1.29 is 4.79 Å². The highest BCUT2D eigenvalue weighted by Gasteiger charge is 2.28. The lowest BCUT2D eigenvalue weighted by molar-refractivity contribution is -0.123. The van der Waals surface area contributed by atoms with Crippen LogP contribution in [-0.4, -0.2) is 15.9 Å². The Kier molecular flexibility index (Phi) is 3.33. The first-order valence-corrected chi connectivity index (χ1v) is 6.63. The molecule has 5 nitrogen and oxygen atoms in total. The van der Waals surface area contributed by atoms with E-state index in [9.17, 15) is 4.79 Å². The van der Waals surface area contributed by atoms with Gasteiger partial charge in [-0.25, -0.2) is 4.98 Å². The smallest absolute Gasteiger partial charge is 0.221 e. The summed E-state index contributed by atoms with van der Waals surface area (Å²) in [6.45, 7) is 0. The maximum Gasteiger partial charge on any atom is 0.221 e. The van der Waals surface area contributed by atoms with Crippen LogP contribution in [0.15, 0.2) is 42.9 Å². The topological polar surface area (TPSA) is 80.9 Å². The third-order valence-corrected chi connectivity index (χ3v) is 3.65. The van der Waals surface area contributed by atoms with E-state index in [2.05, 4.69) is 15.3 Å². The van der Waals surface area contributed by atoms with Gasteiger partial charge in [-0.05, 0) is 41.7 Å². The molecule has 1 amide bonds. The second-order valence-corrected chi connectivity index (χ2v) is 5.06. The number of hydrogen-bond acceptors (Lipinski definition) is 4. The molecule has 0 aliphatic carbocycles. The number of piperidine rings is 1.